The summed E-state index contributed by atoms with van der Waals surface area (Å²) in [5.74, 6) is -11.5. The van der Waals surface area contributed by atoms with Gasteiger partial charge in [-0.3, -0.25) is 27.6 Å². The van der Waals surface area contributed by atoms with Crippen LogP contribution in [0.2, 0.25) is 0 Å². The van der Waals surface area contributed by atoms with Crippen LogP contribution in [0.15, 0.2) is 82.6 Å². The Hall–Kier alpha value is -6.64. The number of para-hydroxylation sites is 1. The van der Waals surface area contributed by atoms with Gasteiger partial charge in [0, 0.05) is 10.8 Å². The van der Waals surface area contributed by atoms with Crippen molar-refractivity contribution in [2.45, 2.75) is 339 Å². The van der Waals surface area contributed by atoms with Gasteiger partial charge in [0.25, 0.3) is 20.2 Å². The van der Waals surface area contributed by atoms with E-state index in [0.717, 1.165) is 174 Å². The number of benzene rings is 4. The predicted molar refractivity (Wildman–Crippen MR) is 496 cm³/mol. The molecule has 5 N–H and O–H groups in total. The topological polar surface area (TPSA) is 437 Å². The van der Waals surface area contributed by atoms with E-state index in [-0.39, 0.29) is 59.6 Å². The third-order valence-corrected chi connectivity index (χ3v) is 38.6. The summed E-state index contributed by atoms with van der Waals surface area (Å²) in [6, 6.07) is 16.1. The zero-order valence-electron chi connectivity index (χ0n) is 81.8. The molecule has 0 aliphatic heterocycles. The molecule has 4 aromatic carbocycles. The number of hydrogen-bond acceptors (Lipinski definition) is 22. The van der Waals surface area contributed by atoms with Crippen LogP contribution in [0.5, 0.6) is 11.5 Å². The maximum atomic E-state index is 14.0. The van der Waals surface area contributed by atoms with E-state index in [1.54, 1.807) is 0 Å². The summed E-state index contributed by atoms with van der Waals surface area (Å²) in [5.41, 5.74) is 1.43. The van der Waals surface area contributed by atoms with Crippen molar-refractivity contribution in [2.75, 3.05) is 13.2 Å². The van der Waals surface area contributed by atoms with Crippen LogP contribution in [0.25, 0.3) is 0 Å². The van der Waals surface area contributed by atoms with Gasteiger partial charge in [-0.1, -0.05) is 132 Å². The monoisotopic (exact) mass is 2200 g/mol. The van der Waals surface area contributed by atoms with Crippen LogP contribution < -0.4 is 8.37 Å². The van der Waals surface area contributed by atoms with Gasteiger partial charge in [-0.05, 0) is 329 Å². The Bertz CT molecular complexity index is 6110. The number of hydrogen-bond donors (Lipinski definition) is 5. The largest absolute Gasteiger partial charge is 0.462 e. The highest BCUT2D eigenvalue weighted by molar-refractivity contribution is 7.89. The van der Waals surface area contributed by atoms with Crippen molar-refractivity contribution in [3.63, 3.8) is 0 Å². The van der Waals surface area contributed by atoms with Gasteiger partial charge in [0.15, 0.2) is 6.10 Å². The van der Waals surface area contributed by atoms with E-state index in [4.69, 9.17) is 27.9 Å². The van der Waals surface area contributed by atoms with E-state index < -0.39 is 167 Å². The van der Waals surface area contributed by atoms with E-state index in [1.807, 2.05) is 53.7 Å². The number of carbonyl (C=O) groups is 3. The number of alkyl halides is 14. The molecule has 16 aliphatic rings. The van der Waals surface area contributed by atoms with Crippen LogP contribution in [0, 0.1) is 87.3 Å². The Balaban J connectivity index is 0.000000163. The lowest BCUT2D eigenvalue weighted by Gasteiger charge is -2.57. The number of ether oxygens (including phenoxy) is 3. The quantitative estimate of drug-likeness (QED) is 0.0122. The lowest BCUT2D eigenvalue weighted by atomic mass is 9.48. The maximum Gasteiger partial charge on any atom is 0.450 e. The molecule has 16 bridgehead atoms. The Kier molecular flexibility index (Phi) is 31.6. The molecule has 0 aromatic heterocycles. The van der Waals surface area contributed by atoms with Gasteiger partial charge >= 0.3 is 107 Å². The molecule has 27 nitrogen and oxygen atoms in total. The predicted octanol–water partition coefficient (Wildman–Crippen LogP) is 22.0. The summed E-state index contributed by atoms with van der Waals surface area (Å²) in [4.78, 5) is 38.3. The Labute approximate surface area is 831 Å². The Morgan fingerprint density at radius 1 is 0.375 bits per heavy atom. The number of carbonyl (C=O) groups excluding carboxylic acids is 3. The fourth-order valence-corrected chi connectivity index (χ4v) is 31.3. The molecule has 0 spiro atoms. The van der Waals surface area contributed by atoms with Crippen molar-refractivity contribution in [2.24, 2.45) is 87.3 Å². The minimum absolute atomic E-state index is 0.000399. The zero-order chi connectivity index (χ0) is 108. The molecule has 16 saturated carbocycles. The highest BCUT2D eigenvalue weighted by Crippen LogP contribution is 2.66. The standard InChI is InChI=1S/C30H38O7S.C19H20F6O6S2.C18H30O3S.C15H18F6O6S2.C14H20F2O5S/c31-27(36-16-29-10-18-1-19(11-29)3-20(2-18)12-29)24-7-25(9-26(8-24)38(33,34)35)28(32)37-17-30-13-21-4-22(14-30)6-23(5-21)15-30;20-17(21,18(22,23)32(26,27)28)19(24,25)33(29,30)31-15-3-1-14(2-4-15)16-8-11-5-12(9-16)7-13(6-11)10-16;1-16(2,3)12-10-13(17(4,5)6)15(22(19,20)21)14(11-12)18(7,8)9;1-8(2)10-6-5-7-11(9(3)4)12(10)27-29(25,26)15(20,21)13(16,17)14(18,19)28(22,23)24;1-8(14(15,16)22(18,19)20)21-12(17)13-5-9-2-10(6-13)4-11(3-9)7-13/h7-9,18-23H,1-6,10-17H2,(H,33,34,35);1-4,11-13H,5-10H2,(H,26,27,28);10-11H,1-9H3,(H,19,20,21);5-9H,1-4H3,(H,22,23,24);8-11H,2-7H2,1H3,(H,18,19,20). The Morgan fingerprint density at radius 2 is 0.681 bits per heavy atom. The van der Waals surface area contributed by atoms with Crippen molar-refractivity contribution < 1.29 is 180 Å². The second-order valence-electron chi connectivity index (χ2n) is 46.7. The number of esters is 3. The summed E-state index contributed by atoms with van der Waals surface area (Å²) in [7, 11) is -42.4. The molecule has 48 heteroatoms. The van der Waals surface area contributed by atoms with Crippen LogP contribution >= 0.6 is 0 Å². The van der Waals surface area contributed by atoms with Crippen molar-refractivity contribution in [3.05, 3.63) is 117 Å². The van der Waals surface area contributed by atoms with Gasteiger partial charge in [-0.2, -0.15) is 120 Å². The molecule has 1 atom stereocenters. The molecule has 0 radical (unpaired) electrons. The lowest BCUT2D eigenvalue weighted by Crippen LogP contribution is -2.61. The number of rotatable bonds is 27. The molecule has 16 aliphatic carbocycles. The van der Waals surface area contributed by atoms with Gasteiger partial charge in [0.2, 0.25) is 0 Å². The maximum absolute atomic E-state index is 14.0. The minimum atomic E-state index is -7.10. The molecular weight excluding hydrogens is 2080 g/mol. The highest BCUT2D eigenvalue weighted by Gasteiger charge is 2.85. The first-order chi connectivity index (χ1) is 65.2. The van der Waals surface area contributed by atoms with Crippen LogP contribution in [0.4, 0.5) is 61.5 Å². The molecule has 0 amide bonds. The summed E-state index contributed by atoms with van der Waals surface area (Å²) >= 11 is 0. The van der Waals surface area contributed by atoms with Gasteiger partial charge in [-0.15, -0.1) is 0 Å². The third kappa shape index (κ3) is 23.2. The molecule has 1 unspecified atom stereocenters. The first-order valence-electron chi connectivity index (χ1n) is 47.7. The molecule has 0 heterocycles. The second kappa shape index (κ2) is 39.2. The van der Waals surface area contributed by atoms with Crippen molar-refractivity contribution in [3.8, 4) is 11.5 Å². The lowest BCUT2D eigenvalue weighted by molar-refractivity contribution is -0.247. The van der Waals surface area contributed by atoms with Crippen LogP contribution in [0.3, 0.4) is 0 Å². The van der Waals surface area contributed by atoms with E-state index in [9.17, 15) is 144 Å². The highest BCUT2D eigenvalue weighted by atomic mass is 32.2. The van der Waals surface area contributed by atoms with Gasteiger partial charge in [-0.25, -0.2) is 9.59 Å². The minimum Gasteiger partial charge on any atom is -0.462 e. The average molecular weight is 2200 g/mol. The second-order valence-corrected chi connectivity index (χ2v) is 57.0. The summed E-state index contributed by atoms with van der Waals surface area (Å²) in [6.07, 6.45) is 23.4. The average Bonchev–Trinajstić information content (AvgIpc) is 0.716. The Morgan fingerprint density at radius 3 is 0.958 bits per heavy atom. The van der Waals surface area contributed by atoms with Crippen LogP contribution in [-0.4, -0.2) is 157 Å². The molecular formula is C96H126F14O27S7. The molecule has 16 fully saturated rings. The fraction of sp³-hybridized carbons (Fsp3) is 0.719. The smallest absolute Gasteiger partial charge is 0.450 e. The van der Waals surface area contributed by atoms with Crippen molar-refractivity contribution in [1.29, 1.82) is 0 Å². The van der Waals surface area contributed by atoms with E-state index >= 15 is 0 Å². The normalized spacial score (nSPS) is 28.7. The number of halogens is 14. The van der Waals surface area contributed by atoms with Crippen molar-refractivity contribution >= 4 is 88.7 Å². The summed E-state index contributed by atoms with van der Waals surface area (Å²) in [5, 5.41) is -31.5. The van der Waals surface area contributed by atoms with Crippen molar-refractivity contribution in [1.82, 2.24) is 0 Å². The molecule has 4 aromatic rings. The summed E-state index contributed by atoms with van der Waals surface area (Å²) in [6.45, 7) is 25.5. The van der Waals surface area contributed by atoms with Gasteiger partial charge < -0.3 is 22.6 Å². The molecule has 812 valence electrons. The van der Waals surface area contributed by atoms with E-state index in [2.05, 4.69) is 29.1 Å². The summed E-state index contributed by atoms with van der Waals surface area (Å²) < 4.78 is 419. The van der Waals surface area contributed by atoms with Gasteiger partial charge in [0.1, 0.15) is 16.4 Å². The van der Waals surface area contributed by atoms with Gasteiger partial charge in [0.05, 0.1) is 34.7 Å². The van der Waals surface area contributed by atoms with E-state index in [0.29, 0.717) is 79.1 Å². The van der Waals surface area contributed by atoms with Crippen LogP contribution in [0.1, 0.15) is 317 Å². The molecule has 0 saturated heterocycles. The third-order valence-electron chi connectivity index (χ3n) is 31.4. The van der Waals surface area contributed by atoms with E-state index in [1.165, 1.54) is 103 Å². The van der Waals surface area contributed by atoms with Crippen LogP contribution in [-0.2, 0) is 111 Å². The molecule has 20 rings (SSSR count). The SMILES string of the molecule is CC(C)(C)c1cc(C(C)(C)C)c(S(=O)(=O)O)c(C(C)(C)C)c1.CC(C)c1cccc(C(C)C)c1OS(=O)(=O)C(F)(F)C(F)(F)C(F)(F)S(=O)(=O)O.CC(OC(=O)C12CC3CC(CC(C3)C1)C2)C(F)(F)S(=O)(=O)O.O=C(OCC12CC3CC(CC(C3)C1)C2)c1cc(C(=O)OCC23CC4CC(CC(C4)C2)C3)cc(S(=O)(=O)O)c1.O=S(=O)(O)C(F)(F)C(F)(F)C(F)(F)S(=O)(=O)Oc1ccc(C23CC4CC(CC(C4)C2)C3)cc1. The fourth-order valence-electron chi connectivity index (χ4n) is 26.1. The first kappa shape index (κ1) is 116. The first-order valence-corrected chi connectivity index (χ1v) is 57.7. The molecule has 144 heavy (non-hydrogen) atoms. The zero-order valence-corrected chi connectivity index (χ0v) is 87.6.